The zero-order valence-electron chi connectivity index (χ0n) is 17.7. The van der Waals surface area contributed by atoms with Crippen LogP contribution in [0.3, 0.4) is 0 Å². The van der Waals surface area contributed by atoms with E-state index < -0.39 is 0 Å². The zero-order valence-corrected chi connectivity index (χ0v) is 19.2. The van der Waals surface area contributed by atoms with Crippen LogP contribution in [0.15, 0.2) is 48.7 Å². The number of hydrogen-bond acceptors (Lipinski definition) is 6. The van der Waals surface area contributed by atoms with Crippen LogP contribution in [0.2, 0.25) is 5.02 Å². The third-order valence-corrected chi connectivity index (χ3v) is 7.13. The number of hydrogen-bond donors (Lipinski definition) is 0. The fourth-order valence-electron chi connectivity index (χ4n) is 4.01. The second kappa shape index (κ2) is 8.54. The summed E-state index contributed by atoms with van der Waals surface area (Å²) in [6.45, 7) is 9.42. The summed E-state index contributed by atoms with van der Waals surface area (Å²) in [7, 11) is 0. The van der Waals surface area contributed by atoms with Crippen molar-refractivity contribution < 1.29 is 0 Å². The van der Waals surface area contributed by atoms with Crippen molar-refractivity contribution in [1.82, 2.24) is 19.9 Å². The lowest BCUT2D eigenvalue weighted by atomic mass is 10.0. The van der Waals surface area contributed by atoms with Crippen LogP contribution < -0.4 is 4.90 Å². The van der Waals surface area contributed by atoms with Crippen LogP contribution >= 0.6 is 22.9 Å². The van der Waals surface area contributed by atoms with E-state index >= 15 is 0 Å². The number of aromatic nitrogens is 3. The van der Waals surface area contributed by atoms with Crippen LogP contribution in [0.5, 0.6) is 0 Å². The molecule has 0 saturated carbocycles. The lowest BCUT2D eigenvalue weighted by Gasteiger charge is -2.34. The Balaban J connectivity index is 1.51. The van der Waals surface area contributed by atoms with Crippen molar-refractivity contribution in [2.24, 2.45) is 0 Å². The summed E-state index contributed by atoms with van der Waals surface area (Å²) in [5, 5.41) is 1.66. The summed E-state index contributed by atoms with van der Waals surface area (Å²) in [6, 6.07) is 14.3. The van der Waals surface area contributed by atoms with Gasteiger partial charge in [0.25, 0.3) is 0 Å². The first-order chi connectivity index (χ1) is 15.1. The number of piperazine rings is 1. The van der Waals surface area contributed by atoms with E-state index in [9.17, 15) is 0 Å². The SMILES string of the molecule is CCN1CCN(c2nccc(-c3nc4cc(C)cc(-c5ccc(Cl)cc5)c4s3)n2)CC1. The van der Waals surface area contributed by atoms with Gasteiger partial charge in [0.05, 0.1) is 10.2 Å². The van der Waals surface area contributed by atoms with Crippen molar-refractivity contribution in [1.29, 1.82) is 0 Å². The molecule has 0 atom stereocenters. The number of fused-ring (bicyclic) bond motifs is 1. The van der Waals surface area contributed by atoms with Gasteiger partial charge < -0.3 is 9.80 Å². The maximum absolute atomic E-state index is 6.10. The molecular formula is C24H24ClN5S. The molecule has 0 aliphatic carbocycles. The number of halogens is 1. The fourth-order valence-corrected chi connectivity index (χ4v) is 5.19. The molecule has 2 aromatic heterocycles. The molecule has 1 aliphatic rings. The smallest absolute Gasteiger partial charge is 0.226 e. The van der Waals surface area contributed by atoms with Gasteiger partial charge >= 0.3 is 0 Å². The van der Waals surface area contributed by atoms with Crippen molar-refractivity contribution in [3.8, 4) is 21.8 Å². The molecule has 0 N–H and O–H groups in total. The van der Waals surface area contributed by atoms with Crippen LogP contribution in [-0.2, 0) is 0 Å². The lowest BCUT2D eigenvalue weighted by Crippen LogP contribution is -2.46. The Morgan fingerprint density at radius 1 is 1.00 bits per heavy atom. The molecule has 31 heavy (non-hydrogen) atoms. The number of anilines is 1. The van der Waals surface area contributed by atoms with Gasteiger partial charge in [-0.05, 0) is 54.9 Å². The Labute approximate surface area is 191 Å². The highest BCUT2D eigenvalue weighted by atomic mass is 35.5. The molecule has 0 spiro atoms. The number of thiazole rings is 1. The molecule has 2 aromatic carbocycles. The van der Waals surface area contributed by atoms with E-state index in [1.165, 1.54) is 15.8 Å². The van der Waals surface area contributed by atoms with Gasteiger partial charge in [-0.1, -0.05) is 30.7 Å². The highest BCUT2D eigenvalue weighted by Gasteiger charge is 2.19. The van der Waals surface area contributed by atoms with E-state index in [1.54, 1.807) is 11.3 Å². The molecule has 5 nitrogen and oxygen atoms in total. The molecule has 4 aromatic rings. The van der Waals surface area contributed by atoms with Gasteiger partial charge in [0.2, 0.25) is 5.95 Å². The Morgan fingerprint density at radius 3 is 2.52 bits per heavy atom. The van der Waals surface area contributed by atoms with Crippen molar-refractivity contribution in [3.05, 3.63) is 59.2 Å². The predicted molar refractivity (Wildman–Crippen MR) is 130 cm³/mol. The number of rotatable bonds is 4. The standard InChI is InChI=1S/C24H24ClN5S/c1-3-29-10-12-30(13-11-29)24-26-9-8-20(28-24)23-27-21-15-16(2)14-19(22(21)31-23)17-4-6-18(25)7-5-17/h4-9,14-15H,3,10-13H2,1-2H3. The maximum Gasteiger partial charge on any atom is 0.226 e. The fraction of sp³-hybridized carbons (Fsp3) is 0.292. The second-order valence-electron chi connectivity index (χ2n) is 7.85. The first-order valence-electron chi connectivity index (χ1n) is 10.6. The maximum atomic E-state index is 6.10. The van der Waals surface area contributed by atoms with Gasteiger partial charge in [0.1, 0.15) is 10.7 Å². The third-order valence-electron chi connectivity index (χ3n) is 5.75. The van der Waals surface area contributed by atoms with Crippen LogP contribution in [0.1, 0.15) is 12.5 Å². The van der Waals surface area contributed by atoms with E-state index in [2.05, 4.69) is 52.9 Å². The first kappa shape index (κ1) is 20.4. The van der Waals surface area contributed by atoms with Crippen molar-refractivity contribution >= 4 is 39.1 Å². The number of aryl methyl sites for hydroxylation is 1. The number of benzene rings is 2. The van der Waals surface area contributed by atoms with E-state index in [-0.39, 0.29) is 0 Å². The molecule has 1 saturated heterocycles. The topological polar surface area (TPSA) is 45.2 Å². The second-order valence-corrected chi connectivity index (χ2v) is 9.29. The average molecular weight is 450 g/mol. The number of likely N-dealkylation sites (N-methyl/N-ethyl adjacent to an activating group) is 1. The zero-order chi connectivity index (χ0) is 21.4. The first-order valence-corrected chi connectivity index (χ1v) is 11.8. The van der Waals surface area contributed by atoms with Crippen molar-refractivity contribution in [3.63, 3.8) is 0 Å². The van der Waals surface area contributed by atoms with E-state index in [0.717, 1.165) is 65.5 Å². The molecule has 7 heteroatoms. The highest BCUT2D eigenvalue weighted by molar-refractivity contribution is 7.22. The summed E-state index contributed by atoms with van der Waals surface area (Å²) in [4.78, 5) is 19.1. The summed E-state index contributed by atoms with van der Waals surface area (Å²) < 4.78 is 1.17. The minimum Gasteiger partial charge on any atom is -0.338 e. The van der Waals surface area contributed by atoms with Crippen LogP contribution in [-0.4, -0.2) is 52.6 Å². The van der Waals surface area contributed by atoms with Crippen molar-refractivity contribution in [2.45, 2.75) is 13.8 Å². The lowest BCUT2D eigenvalue weighted by molar-refractivity contribution is 0.270. The molecule has 1 fully saturated rings. The van der Waals surface area contributed by atoms with Gasteiger partial charge in [-0.15, -0.1) is 11.3 Å². The quantitative estimate of drug-likeness (QED) is 0.410. The Bertz CT molecular complexity index is 1210. The summed E-state index contributed by atoms with van der Waals surface area (Å²) in [5.74, 6) is 0.793. The highest BCUT2D eigenvalue weighted by Crippen LogP contribution is 2.37. The monoisotopic (exact) mass is 449 g/mol. The van der Waals surface area contributed by atoms with Crippen LogP contribution in [0.25, 0.3) is 32.0 Å². The summed E-state index contributed by atoms with van der Waals surface area (Å²) in [5.41, 5.74) is 5.39. The molecule has 5 rings (SSSR count). The van der Waals surface area contributed by atoms with Gasteiger partial charge in [0, 0.05) is 43.0 Å². The molecule has 0 unspecified atom stereocenters. The normalized spacial score (nSPS) is 15.0. The van der Waals surface area contributed by atoms with E-state index in [0.29, 0.717) is 0 Å². The summed E-state index contributed by atoms with van der Waals surface area (Å²) in [6.07, 6.45) is 1.85. The number of nitrogens with zero attached hydrogens (tertiary/aromatic N) is 5. The van der Waals surface area contributed by atoms with Crippen LogP contribution in [0.4, 0.5) is 5.95 Å². The summed E-state index contributed by atoms with van der Waals surface area (Å²) >= 11 is 7.78. The van der Waals surface area contributed by atoms with E-state index in [4.69, 9.17) is 21.6 Å². The molecule has 0 amide bonds. The minimum absolute atomic E-state index is 0.742. The Morgan fingerprint density at radius 2 is 1.77 bits per heavy atom. The molecule has 1 aliphatic heterocycles. The van der Waals surface area contributed by atoms with Gasteiger partial charge in [0.15, 0.2) is 0 Å². The van der Waals surface area contributed by atoms with E-state index in [1.807, 2.05) is 24.4 Å². The minimum atomic E-state index is 0.742. The molecular weight excluding hydrogens is 426 g/mol. The largest absolute Gasteiger partial charge is 0.338 e. The molecule has 0 bridgehead atoms. The Hall–Kier alpha value is -2.54. The molecule has 3 heterocycles. The predicted octanol–water partition coefficient (Wildman–Crippen LogP) is 5.52. The average Bonchev–Trinajstić information content (AvgIpc) is 3.23. The molecule has 0 radical (unpaired) electrons. The Kier molecular flexibility index (Phi) is 5.61. The van der Waals surface area contributed by atoms with Gasteiger partial charge in [-0.2, -0.15) is 0 Å². The van der Waals surface area contributed by atoms with Gasteiger partial charge in [-0.3, -0.25) is 0 Å². The molecule has 158 valence electrons. The van der Waals surface area contributed by atoms with Gasteiger partial charge in [-0.25, -0.2) is 15.0 Å². The van der Waals surface area contributed by atoms with Crippen molar-refractivity contribution in [2.75, 3.05) is 37.6 Å². The van der Waals surface area contributed by atoms with Crippen LogP contribution in [0, 0.1) is 6.92 Å². The third kappa shape index (κ3) is 4.15.